The van der Waals surface area contributed by atoms with Crippen molar-refractivity contribution in [3.63, 3.8) is 0 Å². The zero-order chi connectivity index (χ0) is 24.5. The third-order valence-corrected chi connectivity index (χ3v) is 5.90. The van der Waals surface area contributed by atoms with E-state index in [4.69, 9.17) is 18.6 Å². The quantitative estimate of drug-likeness (QED) is 0.315. The van der Waals surface area contributed by atoms with Crippen LogP contribution in [-0.4, -0.2) is 19.3 Å². The Labute approximate surface area is 201 Å². The number of halogens is 1. The van der Waals surface area contributed by atoms with Crippen LogP contribution in [-0.2, 0) is 4.79 Å². The Morgan fingerprint density at radius 3 is 2.66 bits per heavy atom. The molecule has 0 saturated carbocycles. The van der Waals surface area contributed by atoms with Gasteiger partial charge in [0, 0.05) is 39.9 Å². The molecule has 0 aliphatic carbocycles. The topological polar surface area (TPSA) is 69.9 Å². The smallest absolute Gasteiger partial charge is 0.248 e. The number of amides is 1. The number of rotatable bonds is 6. The summed E-state index contributed by atoms with van der Waals surface area (Å²) >= 11 is 0. The van der Waals surface area contributed by atoms with E-state index in [-0.39, 0.29) is 18.5 Å². The summed E-state index contributed by atoms with van der Waals surface area (Å²) < 4.78 is 36.0. The lowest BCUT2D eigenvalue weighted by molar-refractivity contribution is -0.111. The molecule has 2 heterocycles. The molecule has 35 heavy (non-hydrogen) atoms. The van der Waals surface area contributed by atoms with E-state index in [9.17, 15) is 9.18 Å². The molecule has 178 valence electrons. The minimum Gasteiger partial charge on any atom is -0.493 e. The standard InChI is InChI=1S/C28H24FNO5/c1-4-32-27-17(3)28-22(23(14-33-28)18-5-7-19(29)8-6-18)13-21(27)16(2)11-26(31)30-20-9-10-24-25(12-20)35-15-34-24/h5-14H,4,15H2,1-3H3,(H,30,31)/b16-11+. The predicted octanol–water partition coefficient (Wildman–Crippen LogP) is 6.72. The molecule has 0 fully saturated rings. The summed E-state index contributed by atoms with van der Waals surface area (Å²) in [6.07, 6.45) is 3.20. The van der Waals surface area contributed by atoms with Crippen molar-refractivity contribution in [2.75, 3.05) is 18.7 Å². The molecule has 0 saturated heterocycles. The fraction of sp³-hybridized carbons (Fsp3) is 0.179. The van der Waals surface area contributed by atoms with E-state index in [1.54, 1.807) is 36.6 Å². The highest BCUT2D eigenvalue weighted by Gasteiger charge is 2.20. The monoisotopic (exact) mass is 473 g/mol. The molecule has 0 unspecified atom stereocenters. The first-order chi connectivity index (χ1) is 16.9. The second-order valence-electron chi connectivity index (χ2n) is 8.23. The van der Waals surface area contributed by atoms with Gasteiger partial charge in [0.15, 0.2) is 11.5 Å². The van der Waals surface area contributed by atoms with Gasteiger partial charge in [-0.25, -0.2) is 4.39 Å². The SMILES string of the molecule is CCOc1c(/C(C)=C/C(=O)Nc2ccc3c(c2)OCO3)cc2c(-c3ccc(F)cc3)coc2c1C. The lowest BCUT2D eigenvalue weighted by atomic mass is 9.96. The summed E-state index contributed by atoms with van der Waals surface area (Å²) in [4.78, 5) is 12.8. The zero-order valence-corrected chi connectivity index (χ0v) is 19.6. The highest BCUT2D eigenvalue weighted by Crippen LogP contribution is 2.41. The van der Waals surface area contributed by atoms with Crippen molar-refractivity contribution in [2.45, 2.75) is 20.8 Å². The number of carbonyl (C=O) groups excluding carboxylic acids is 1. The number of furan rings is 1. The van der Waals surface area contributed by atoms with Crippen molar-refractivity contribution in [3.8, 4) is 28.4 Å². The molecule has 3 aromatic carbocycles. The largest absolute Gasteiger partial charge is 0.493 e. The molecule has 1 aromatic heterocycles. The fourth-order valence-electron chi connectivity index (χ4n) is 4.22. The first kappa shape index (κ1) is 22.5. The maximum absolute atomic E-state index is 13.5. The van der Waals surface area contributed by atoms with Crippen LogP contribution in [0.15, 0.2) is 65.3 Å². The van der Waals surface area contributed by atoms with Gasteiger partial charge in [0.25, 0.3) is 0 Å². The lowest BCUT2D eigenvalue weighted by Gasteiger charge is -2.15. The zero-order valence-electron chi connectivity index (χ0n) is 19.6. The minimum absolute atomic E-state index is 0.168. The van der Waals surface area contributed by atoms with Crippen LogP contribution in [0.1, 0.15) is 25.0 Å². The maximum atomic E-state index is 13.5. The van der Waals surface area contributed by atoms with Crippen molar-refractivity contribution in [2.24, 2.45) is 0 Å². The van der Waals surface area contributed by atoms with E-state index in [1.165, 1.54) is 18.2 Å². The molecular weight excluding hydrogens is 449 g/mol. The van der Waals surface area contributed by atoms with Gasteiger partial charge in [-0.05, 0) is 62.2 Å². The number of fused-ring (bicyclic) bond motifs is 2. The molecule has 6 nitrogen and oxygen atoms in total. The average molecular weight is 474 g/mol. The number of nitrogens with one attached hydrogen (secondary N) is 1. The molecule has 0 atom stereocenters. The van der Waals surface area contributed by atoms with Crippen molar-refractivity contribution in [3.05, 3.63) is 77.8 Å². The molecular formula is C28H24FNO5. The summed E-state index contributed by atoms with van der Waals surface area (Å²) in [6, 6.07) is 13.5. The Hall–Kier alpha value is -4.26. The second-order valence-corrected chi connectivity index (χ2v) is 8.23. The number of ether oxygens (including phenoxy) is 3. The van der Waals surface area contributed by atoms with Crippen LogP contribution in [0.25, 0.3) is 27.7 Å². The van der Waals surface area contributed by atoms with Gasteiger partial charge >= 0.3 is 0 Å². The highest BCUT2D eigenvalue weighted by atomic mass is 19.1. The number of anilines is 1. The van der Waals surface area contributed by atoms with Crippen LogP contribution in [0.5, 0.6) is 17.2 Å². The number of benzene rings is 3. The summed E-state index contributed by atoms with van der Waals surface area (Å²) in [5.74, 6) is 1.31. The van der Waals surface area contributed by atoms with Crippen molar-refractivity contribution < 1.29 is 27.8 Å². The molecule has 7 heteroatoms. The van der Waals surface area contributed by atoms with Crippen LogP contribution in [0, 0.1) is 12.7 Å². The minimum atomic E-state index is -0.302. The van der Waals surface area contributed by atoms with E-state index in [2.05, 4.69) is 5.32 Å². The van der Waals surface area contributed by atoms with E-state index < -0.39 is 0 Å². The summed E-state index contributed by atoms with van der Waals surface area (Å²) in [7, 11) is 0. The highest BCUT2D eigenvalue weighted by molar-refractivity contribution is 6.06. The van der Waals surface area contributed by atoms with Gasteiger partial charge in [-0.2, -0.15) is 0 Å². The Kier molecular flexibility index (Phi) is 5.91. The summed E-state index contributed by atoms with van der Waals surface area (Å²) in [6.45, 7) is 6.32. The molecule has 5 rings (SSSR count). The van der Waals surface area contributed by atoms with Crippen LogP contribution in [0.4, 0.5) is 10.1 Å². The molecule has 1 amide bonds. The Bertz CT molecular complexity index is 1450. The molecule has 0 radical (unpaired) electrons. The van der Waals surface area contributed by atoms with Crippen LogP contribution < -0.4 is 19.5 Å². The van der Waals surface area contributed by atoms with Crippen LogP contribution in [0.3, 0.4) is 0 Å². The average Bonchev–Trinajstić information content (AvgIpc) is 3.48. The van der Waals surface area contributed by atoms with Gasteiger partial charge in [-0.1, -0.05) is 12.1 Å². The molecule has 1 N–H and O–H groups in total. The number of carbonyl (C=O) groups is 1. The normalized spacial score (nSPS) is 12.7. The van der Waals surface area contributed by atoms with E-state index in [0.29, 0.717) is 35.1 Å². The van der Waals surface area contributed by atoms with Crippen molar-refractivity contribution in [1.29, 1.82) is 0 Å². The van der Waals surface area contributed by atoms with Gasteiger partial charge in [0.05, 0.1) is 12.9 Å². The molecule has 0 bridgehead atoms. The summed E-state index contributed by atoms with van der Waals surface area (Å²) in [5, 5.41) is 3.73. The molecule has 0 spiro atoms. The predicted molar refractivity (Wildman–Crippen MR) is 132 cm³/mol. The van der Waals surface area contributed by atoms with Crippen LogP contribution >= 0.6 is 0 Å². The number of hydrogen-bond acceptors (Lipinski definition) is 5. The van der Waals surface area contributed by atoms with Gasteiger partial charge in [0.2, 0.25) is 12.7 Å². The van der Waals surface area contributed by atoms with Crippen LogP contribution in [0.2, 0.25) is 0 Å². The van der Waals surface area contributed by atoms with Gasteiger partial charge in [-0.3, -0.25) is 4.79 Å². The Morgan fingerprint density at radius 2 is 1.89 bits per heavy atom. The fourth-order valence-corrected chi connectivity index (χ4v) is 4.22. The van der Waals surface area contributed by atoms with E-state index in [1.807, 2.05) is 26.8 Å². The molecule has 4 aromatic rings. The number of aryl methyl sites for hydroxylation is 1. The van der Waals surface area contributed by atoms with Crippen molar-refractivity contribution >= 4 is 28.1 Å². The second kappa shape index (κ2) is 9.18. The Balaban J connectivity index is 1.52. The van der Waals surface area contributed by atoms with Gasteiger partial charge < -0.3 is 23.9 Å². The van der Waals surface area contributed by atoms with Gasteiger partial charge in [-0.15, -0.1) is 0 Å². The molecule has 1 aliphatic rings. The van der Waals surface area contributed by atoms with E-state index in [0.717, 1.165) is 33.2 Å². The Morgan fingerprint density at radius 1 is 1.11 bits per heavy atom. The van der Waals surface area contributed by atoms with E-state index >= 15 is 0 Å². The van der Waals surface area contributed by atoms with Crippen molar-refractivity contribution in [1.82, 2.24) is 0 Å². The lowest BCUT2D eigenvalue weighted by Crippen LogP contribution is -2.09. The number of allylic oxidation sites excluding steroid dienone is 1. The molecule has 1 aliphatic heterocycles. The maximum Gasteiger partial charge on any atom is 0.248 e. The first-order valence-corrected chi connectivity index (χ1v) is 11.3. The first-order valence-electron chi connectivity index (χ1n) is 11.3. The van der Waals surface area contributed by atoms with Gasteiger partial charge in [0.1, 0.15) is 17.1 Å². The third-order valence-electron chi connectivity index (χ3n) is 5.90. The third kappa shape index (κ3) is 4.33. The number of hydrogen-bond donors (Lipinski definition) is 1. The summed E-state index contributed by atoms with van der Waals surface area (Å²) in [5.41, 5.74) is 5.30.